The van der Waals surface area contributed by atoms with Gasteiger partial charge in [0.05, 0.1) is 0 Å². The topological polar surface area (TPSA) is 37.0 Å². The third-order valence-electron chi connectivity index (χ3n) is 3.31. The van der Waals surface area contributed by atoms with E-state index < -0.39 is 11.6 Å². The predicted molar refractivity (Wildman–Crippen MR) is 68.8 cm³/mol. The quantitative estimate of drug-likeness (QED) is 0.846. The number of hydrogen-bond donors (Lipinski definition) is 2. The second-order valence-electron chi connectivity index (χ2n) is 4.71. The molecule has 0 unspecified atom stereocenters. The van der Waals surface area contributed by atoms with Crippen LogP contribution in [0.3, 0.4) is 0 Å². The van der Waals surface area contributed by atoms with Crippen LogP contribution in [0.1, 0.15) is 32.6 Å². The highest BCUT2D eigenvalue weighted by molar-refractivity contribution is 5.47. The van der Waals surface area contributed by atoms with Crippen LogP contribution < -0.4 is 10.6 Å². The summed E-state index contributed by atoms with van der Waals surface area (Å²) in [6.07, 6.45) is 4.84. The molecular formula is C13H19F2N3. The maximum Gasteiger partial charge on any atom is 0.168 e. The minimum absolute atomic E-state index is 0.104. The molecule has 2 rings (SSSR count). The van der Waals surface area contributed by atoms with Crippen molar-refractivity contribution in [3.63, 3.8) is 0 Å². The molecule has 1 aliphatic rings. The Morgan fingerprint density at radius 2 is 1.78 bits per heavy atom. The number of aromatic nitrogens is 1. The van der Waals surface area contributed by atoms with E-state index in [9.17, 15) is 8.78 Å². The van der Waals surface area contributed by atoms with Crippen LogP contribution in [-0.4, -0.2) is 18.1 Å². The molecule has 18 heavy (non-hydrogen) atoms. The zero-order chi connectivity index (χ0) is 13.0. The largest absolute Gasteiger partial charge is 0.368 e. The van der Waals surface area contributed by atoms with Gasteiger partial charge in [-0.3, -0.25) is 0 Å². The van der Waals surface area contributed by atoms with Crippen molar-refractivity contribution in [1.29, 1.82) is 0 Å². The Hall–Kier alpha value is -1.39. The average molecular weight is 255 g/mol. The number of nitrogens with zero attached hydrogens (tertiary/aromatic N) is 1. The standard InChI is InChI=1S/C13H19F2N3/c1-2-16-12-10(14)7-11(15)13(18-12)17-8-9-5-3-4-6-9/h7,9H,2-6,8H2,1H3,(H2,16,17,18). The van der Waals surface area contributed by atoms with Gasteiger partial charge in [-0.15, -0.1) is 0 Å². The molecule has 100 valence electrons. The summed E-state index contributed by atoms with van der Waals surface area (Å²) in [5.41, 5.74) is 0. The predicted octanol–water partition coefficient (Wildman–Crippen LogP) is 3.39. The van der Waals surface area contributed by atoms with E-state index in [1.807, 2.05) is 6.92 Å². The van der Waals surface area contributed by atoms with Crippen molar-refractivity contribution in [3.05, 3.63) is 17.7 Å². The summed E-state index contributed by atoms with van der Waals surface area (Å²) in [5, 5.41) is 5.77. The lowest BCUT2D eigenvalue weighted by Gasteiger charge is -2.13. The number of halogens is 2. The lowest BCUT2D eigenvalue weighted by molar-refractivity contribution is 0.561. The highest BCUT2D eigenvalue weighted by atomic mass is 19.1. The molecule has 1 saturated carbocycles. The lowest BCUT2D eigenvalue weighted by atomic mass is 10.1. The van der Waals surface area contributed by atoms with Crippen molar-refractivity contribution in [3.8, 4) is 0 Å². The Kier molecular flexibility index (Phi) is 4.33. The van der Waals surface area contributed by atoms with Crippen molar-refractivity contribution < 1.29 is 8.78 Å². The second-order valence-corrected chi connectivity index (χ2v) is 4.71. The van der Waals surface area contributed by atoms with E-state index in [0.29, 0.717) is 19.0 Å². The van der Waals surface area contributed by atoms with Crippen LogP contribution in [-0.2, 0) is 0 Å². The van der Waals surface area contributed by atoms with E-state index in [2.05, 4.69) is 15.6 Å². The number of pyridine rings is 1. The summed E-state index contributed by atoms with van der Waals surface area (Å²) in [7, 11) is 0. The maximum absolute atomic E-state index is 13.6. The summed E-state index contributed by atoms with van der Waals surface area (Å²) in [4.78, 5) is 3.95. The Morgan fingerprint density at radius 3 is 2.39 bits per heavy atom. The van der Waals surface area contributed by atoms with E-state index in [1.54, 1.807) is 0 Å². The first-order chi connectivity index (χ1) is 8.70. The molecule has 1 aromatic rings. The molecule has 3 nitrogen and oxygen atoms in total. The molecule has 1 aromatic heterocycles. The van der Waals surface area contributed by atoms with E-state index >= 15 is 0 Å². The summed E-state index contributed by atoms with van der Waals surface area (Å²) in [6, 6.07) is 0.877. The molecule has 5 heteroatoms. The fraction of sp³-hybridized carbons (Fsp3) is 0.615. The van der Waals surface area contributed by atoms with Gasteiger partial charge in [0.15, 0.2) is 23.3 Å². The van der Waals surface area contributed by atoms with Gasteiger partial charge in [0.1, 0.15) is 0 Å². The Labute approximate surface area is 106 Å². The molecule has 0 atom stereocenters. The molecule has 1 aliphatic carbocycles. The molecule has 0 aromatic carbocycles. The Balaban J connectivity index is 2.03. The zero-order valence-corrected chi connectivity index (χ0v) is 10.6. The van der Waals surface area contributed by atoms with Crippen LogP contribution >= 0.6 is 0 Å². The average Bonchev–Trinajstić information content (AvgIpc) is 2.84. The van der Waals surface area contributed by atoms with Crippen molar-refractivity contribution in [2.45, 2.75) is 32.6 Å². The summed E-state index contributed by atoms with van der Waals surface area (Å²) in [5.74, 6) is -0.459. The minimum Gasteiger partial charge on any atom is -0.368 e. The van der Waals surface area contributed by atoms with Gasteiger partial charge < -0.3 is 10.6 Å². The van der Waals surface area contributed by atoms with Gasteiger partial charge in [0.25, 0.3) is 0 Å². The fourth-order valence-corrected chi connectivity index (χ4v) is 2.34. The molecule has 1 fully saturated rings. The van der Waals surface area contributed by atoms with Crippen LogP contribution in [0.25, 0.3) is 0 Å². The summed E-state index contributed by atoms with van der Waals surface area (Å²) >= 11 is 0. The van der Waals surface area contributed by atoms with Gasteiger partial charge in [0, 0.05) is 19.2 Å². The first-order valence-electron chi connectivity index (χ1n) is 6.54. The van der Waals surface area contributed by atoms with Crippen LogP contribution in [0, 0.1) is 17.6 Å². The van der Waals surface area contributed by atoms with Gasteiger partial charge in [0.2, 0.25) is 0 Å². The zero-order valence-electron chi connectivity index (χ0n) is 10.6. The van der Waals surface area contributed by atoms with E-state index in [4.69, 9.17) is 0 Å². The molecule has 2 N–H and O–H groups in total. The van der Waals surface area contributed by atoms with Gasteiger partial charge in [-0.1, -0.05) is 12.8 Å². The van der Waals surface area contributed by atoms with Crippen molar-refractivity contribution >= 4 is 11.6 Å². The molecule has 0 bridgehead atoms. The Morgan fingerprint density at radius 1 is 1.17 bits per heavy atom. The molecule has 0 saturated heterocycles. The number of nitrogens with one attached hydrogen (secondary N) is 2. The van der Waals surface area contributed by atoms with Gasteiger partial charge in [-0.05, 0) is 25.7 Å². The first kappa shape index (κ1) is 13.1. The van der Waals surface area contributed by atoms with Crippen LogP contribution in [0.2, 0.25) is 0 Å². The lowest BCUT2D eigenvalue weighted by Crippen LogP contribution is -2.14. The molecule has 0 amide bonds. The molecule has 0 aliphatic heterocycles. The van der Waals surface area contributed by atoms with Crippen LogP contribution in [0.15, 0.2) is 6.07 Å². The molecule has 0 radical (unpaired) electrons. The van der Waals surface area contributed by atoms with E-state index in [0.717, 1.165) is 6.07 Å². The third-order valence-corrected chi connectivity index (χ3v) is 3.31. The van der Waals surface area contributed by atoms with Crippen LogP contribution in [0.5, 0.6) is 0 Å². The maximum atomic E-state index is 13.6. The SMILES string of the molecule is CCNc1nc(NCC2CCCC2)c(F)cc1F. The fourth-order valence-electron chi connectivity index (χ4n) is 2.34. The number of hydrogen-bond acceptors (Lipinski definition) is 3. The molecule has 0 spiro atoms. The molecule has 1 heterocycles. The number of rotatable bonds is 5. The first-order valence-corrected chi connectivity index (χ1v) is 6.54. The normalized spacial score (nSPS) is 15.9. The van der Waals surface area contributed by atoms with E-state index in [1.165, 1.54) is 25.7 Å². The highest BCUT2D eigenvalue weighted by Crippen LogP contribution is 2.25. The number of anilines is 2. The summed E-state index contributed by atoms with van der Waals surface area (Å²) < 4.78 is 26.9. The third kappa shape index (κ3) is 3.09. The van der Waals surface area contributed by atoms with Gasteiger partial charge >= 0.3 is 0 Å². The second kappa shape index (κ2) is 5.98. The minimum atomic E-state index is -0.652. The summed E-state index contributed by atoms with van der Waals surface area (Å²) in [6.45, 7) is 3.11. The van der Waals surface area contributed by atoms with Crippen LogP contribution in [0.4, 0.5) is 20.4 Å². The van der Waals surface area contributed by atoms with Crippen molar-refractivity contribution in [2.24, 2.45) is 5.92 Å². The van der Waals surface area contributed by atoms with E-state index in [-0.39, 0.29) is 11.6 Å². The van der Waals surface area contributed by atoms with Gasteiger partial charge in [-0.25, -0.2) is 13.8 Å². The van der Waals surface area contributed by atoms with Crippen molar-refractivity contribution in [1.82, 2.24) is 4.98 Å². The smallest absolute Gasteiger partial charge is 0.168 e. The van der Waals surface area contributed by atoms with Crippen molar-refractivity contribution in [2.75, 3.05) is 23.7 Å². The molecular weight excluding hydrogens is 236 g/mol. The highest BCUT2D eigenvalue weighted by Gasteiger charge is 2.16. The van der Waals surface area contributed by atoms with Gasteiger partial charge in [-0.2, -0.15) is 0 Å². The Bertz CT molecular complexity index is 403. The monoisotopic (exact) mass is 255 g/mol.